The van der Waals surface area contributed by atoms with Crippen molar-refractivity contribution in [3.05, 3.63) is 0 Å². The number of nitrogens with one attached hydrogen (secondary N) is 1. The molecule has 0 radical (unpaired) electrons. The highest BCUT2D eigenvalue weighted by Crippen LogP contribution is 2.16. The molecule has 0 aromatic carbocycles. The van der Waals surface area contributed by atoms with Crippen molar-refractivity contribution in [2.45, 2.75) is 24.7 Å². The zero-order valence-corrected chi connectivity index (χ0v) is 6.86. The molecule has 1 fully saturated rings. The van der Waals surface area contributed by atoms with Gasteiger partial charge in [-0.2, -0.15) is 0 Å². The van der Waals surface area contributed by atoms with Crippen LogP contribution in [0.4, 0.5) is 0 Å². The molecule has 0 unspecified atom stereocenters. The Balaban J connectivity index is 2.38. The van der Waals surface area contributed by atoms with E-state index in [0.29, 0.717) is 0 Å². The Morgan fingerprint density at radius 3 is 2.75 bits per heavy atom. The first-order valence-corrected chi connectivity index (χ1v) is 3.83. The van der Waals surface area contributed by atoms with Gasteiger partial charge in [-0.15, -0.1) is 0 Å². The second-order valence-electron chi connectivity index (χ2n) is 2.81. The van der Waals surface area contributed by atoms with E-state index in [1.54, 1.807) is 0 Å². The van der Waals surface area contributed by atoms with Crippen molar-refractivity contribution in [1.82, 2.24) is 5.32 Å². The third kappa shape index (κ3) is 1.94. The van der Waals surface area contributed by atoms with Crippen LogP contribution in [-0.4, -0.2) is 48.1 Å². The average molecular weight is 175 g/mol. The summed E-state index contributed by atoms with van der Waals surface area (Å²) in [6.07, 6.45) is -2.28. The number of aliphatic hydroxyl groups excluding tert-OH is 2. The summed E-state index contributed by atoms with van der Waals surface area (Å²) in [6, 6.07) is 0. The van der Waals surface area contributed by atoms with Gasteiger partial charge in [-0.05, 0) is 0 Å². The Kier molecular flexibility index (Phi) is 3.02. The molecule has 1 aliphatic rings. The molecule has 0 saturated carbocycles. The van der Waals surface area contributed by atoms with Crippen LogP contribution in [0.2, 0.25) is 0 Å². The summed E-state index contributed by atoms with van der Waals surface area (Å²) in [4.78, 5) is 10.8. The summed E-state index contributed by atoms with van der Waals surface area (Å²) < 4.78 is 4.99. The monoisotopic (exact) mass is 175 g/mol. The van der Waals surface area contributed by atoms with Crippen molar-refractivity contribution in [1.29, 1.82) is 0 Å². The summed E-state index contributed by atoms with van der Waals surface area (Å²) in [6.45, 7) is 0.100. The minimum absolute atomic E-state index is 0.0920. The molecule has 3 atom stereocenters. The highest BCUT2D eigenvalue weighted by molar-refractivity contribution is 5.76. The summed E-state index contributed by atoms with van der Waals surface area (Å²) in [5.41, 5.74) is 0. The highest BCUT2D eigenvalue weighted by Gasteiger charge is 2.35. The molecular formula is C7H13NO4. The van der Waals surface area contributed by atoms with E-state index in [0.717, 1.165) is 0 Å². The van der Waals surface area contributed by atoms with E-state index in [9.17, 15) is 9.90 Å². The van der Waals surface area contributed by atoms with Gasteiger partial charge in [-0.1, -0.05) is 0 Å². The summed E-state index contributed by atoms with van der Waals surface area (Å²) in [5.74, 6) is -0.201. The van der Waals surface area contributed by atoms with Crippen LogP contribution < -0.4 is 5.32 Å². The standard InChI is InChI=1S/C7H13NO4/c1-8-6(10)2-5-7(11)4(9)3-12-5/h4-5,7,9,11H,2-3H2,1H3,(H,8,10)/t4-,5+,7-/m0/s1. The van der Waals surface area contributed by atoms with Crippen LogP contribution in [0.1, 0.15) is 6.42 Å². The van der Waals surface area contributed by atoms with Crippen LogP contribution in [0.5, 0.6) is 0 Å². The Morgan fingerprint density at radius 2 is 2.33 bits per heavy atom. The second-order valence-corrected chi connectivity index (χ2v) is 2.81. The fourth-order valence-electron chi connectivity index (χ4n) is 1.13. The Morgan fingerprint density at radius 1 is 1.67 bits per heavy atom. The molecule has 1 aliphatic heterocycles. The van der Waals surface area contributed by atoms with Gasteiger partial charge in [0, 0.05) is 7.05 Å². The van der Waals surface area contributed by atoms with Crippen molar-refractivity contribution in [2.24, 2.45) is 0 Å². The van der Waals surface area contributed by atoms with Crippen molar-refractivity contribution < 1.29 is 19.7 Å². The number of amides is 1. The minimum Gasteiger partial charge on any atom is -0.388 e. The van der Waals surface area contributed by atoms with Crippen LogP contribution in [0.3, 0.4) is 0 Å². The van der Waals surface area contributed by atoms with Gasteiger partial charge in [0.05, 0.1) is 19.1 Å². The average Bonchev–Trinajstić information content (AvgIpc) is 2.36. The van der Waals surface area contributed by atoms with Gasteiger partial charge in [0.25, 0.3) is 0 Å². The van der Waals surface area contributed by atoms with Gasteiger partial charge in [0.2, 0.25) is 5.91 Å². The Bertz CT molecular complexity index is 173. The maximum atomic E-state index is 10.8. The quantitative estimate of drug-likeness (QED) is 0.464. The third-order valence-electron chi connectivity index (χ3n) is 1.92. The van der Waals surface area contributed by atoms with Crippen molar-refractivity contribution in [3.8, 4) is 0 Å². The SMILES string of the molecule is CNC(=O)C[C@H]1OC[C@H](O)[C@@H]1O. The lowest BCUT2D eigenvalue weighted by molar-refractivity contribution is -0.124. The normalized spacial score (nSPS) is 35.1. The van der Waals surface area contributed by atoms with Crippen LogP contribution in [-0.2, 0) is 9.53 Å². The first-order chi connectivity index (χ1) is 5.65. The Hall–Kier alpha value is -0.650. The van der Waals surface area contributed by atoms with E-state index >= 15 is 0 Å². The maximum Gasteiger partial charge on any atom is 0.222 e. The van der Waals surface area contributed by atoms with Gasteiger partial charge in [0.15, 0.2) is 0 Å². The fraction of sp³-hybridized carbons (Fsp3) is 0.857. The molecule has 0 spiro atoms. The van der Waals surface area contributed by atoms with Crippen molar-refractivity contribution in [3.63, 3.8) is 0 Å². The molecule has 1 rings (SSSR count). The van der Waals surface area contributed by atoms with Gasteiger partial charge in [-0.3, -0.25) is 4.79 Å². The summed E-state index contributed by atoms with van der Waals surface area (Å²) in [5, 5.41) is 20.7. The molecule has 5 heteroatoms. The maximum absolute atomic E-state index is 10.8. The topological polar surface area (TPSA) is 78.8 Å². The number of carbonyl (C=O) groups excluding carboxylic acids is 1. The second kappa shape index (κ2) is 3.84. The van der Waals surface area contributed by atoms with Crippen molar-refractivity contribution in [2.75, 3.05) is 13.7 Å². The zero-order chi connectivity index (χ0) is 9.14. The minimum atomic E-state index is -0.942. The summed E-state index contributed by atoms with van der Waals surface area (Å²) >= 11 is 0. The zero-order valence-electron chi connectivity index (χ0n) is 6.86. The summed E-state index contributed by atoms with van der Waals surface area (Å²) in [7, 11) is 1.51. The molecule has 5 nitrogen and oxygen atoms in total. The lowest BCUT2D eigenvalue weighted by Crippen LogP contribution is -2.34. The first kappa shape index (κ1) is 9.44. The number of rotatable bonds is 2. The third-order valence-corrected chi connectivity index (χ3v) is 1.92. The number of hydrogen-bond donors (Lipinski definition) is 3. The van der Waals surface area contributed by atoms with E-state index < -0.39 is 18.3 Å². The van der Waals surface area contributed by atoms with E-state index in [4.69, 9.17) is 9.84 Å². The first-order valence-electron chi connectivity index (χ1n) is 3.83. The van der Waals surface area contributed by atoms with Crippen molar-refractivity contribution >= 4 is 5.91 Å². The van der Waals surface area contributed by atoms with E-state index in [-0.39, 0.29) is 18.9 Å². The van der Waals surface area contributed by atoms with Crippen LogP contribution >= 0.6 is 0 Å². The lowest BCUT2D eigenvalue weighted by Gasteiger charge is -2.13. The fourth-order valence-corrected chi connectivity index (χ4v) is 1.13. The number of aliphatic hydroxyl groups is 2. The van der Waals surface area contributed by atoms with Gasteiger partial charge < -0.3 is 20.3 Å². The van der Waals surface area contributed by atoms with E-state index in [1.165, 1.54) is 7.05 Å². The molecule has 0 bridgehead atoms. The molecule has 1 heterocycles. The molecule has 0 aromatic rings. The van der Waals surface area contributed by atoms with Gasteiger partial charge >= 0.3 is 0 Å². The predicted molar refractivity (Wildman–Crippen MR) is 40.4 cm³/mol. The van der Waals surface area contributed by atoms with Gasteiger partial charge in [0.1, 0.15) is 12.2 Å². The van der Waals surface area contributed by atoms with Crippen LogP contribution in [0.25, 0.3) is 0 Å². The number of carbonyl (C=O) groups is 1. The number of ether oxygens (including phenoxy) is 1. The smallest absolute Gasteiger partial charge is 0.222 e. The largest absolute Gasteiger partial charge is 0.388 e. The van der Waals surface area contributed by atoms with Crippen LogP contribution in [0, 0.1) is 0 Å². The molecular weight excluding hydrogens is 162 g/mol. The molecule has 0 aromatic heterocycles. The van der Waals surface area contributed by atoms with E-state index in [1.807, 2.05) is 0 Å². The number of hydrogen-bond acceptors (Lipinski definition) is 4. The van der Waals surface area contributed by atoms with E-state index in [2.05, 4.69) is 5.32 Å². The lowest BCUT2D eigenvalue weighted by atomic mass is 10.1. The predicted octanol–water partition coefficient (Wildman–Crippen LogP) is -1.76. The molecule has 1 amide bonds. The van der Waals surface area contributed by atoms with Gasteiger partial charge in [-0.25, -0.2) is 0 Å². The molecule has 3 N–H and O–H groups in total. The molecule has 12 heavy (non-hydrogen) atoms. The molecule has 70 valence electrons. The van der Waals surface area contributed by atoms with Crippen LogP contribution in [0.15, 0.2) is 0 Å². The molecule has 0 aliphatic carbocycles. The molecule has 1 saturated heterocycles. The highest BCUT2D eigenvalue weighted by atomic mass is 16.5. The Labute approximate surface area is 70.3 Å².